The van der Waals surface area contributed by atoms with Crippen LogP contribution in [0.2, 0.25) is 0 Å². The second-order valence-corrected chi connectivity index (χ2v) is 13.9. The number of hydrogen-bond acceptors (Lipinski definition) is 8. The van der Waals surface area contributed by atoms with Crippen LogP contribution < -0.4 is 10.1 Å². The number of allylic oxidation sites excluding steroid dienone is 1. The van der Waals surface area contributed by atoms with Gasteiger partial charge in [0.15, 0.2) is 0 Å². The van der Waals surface area contributed by atoms with Gasteiger partial charge >= 0.3 is 18.0 Å². The van der Waals surface area contributed by atoms with E-state index in [1.54, 1.807) is 17.0 Å². The number of fused-ring (bicyclic) bond motifs is 2. The van der Waals surface area contributed by atoms with Gasteiger partial charge in [-0.25, -0.2) is 14.4 Å². The van der Waals surface area contributed by atoms with Gasteiger partial charge in [0.1, 0.15) is 18.1 Å². The molecule has 0 aliphatic carbocycles. The van der Waals surface area contributed by atoms with E-state index in [9.17, 15) is 19.5 Å². The molecule has 10 nitrogen and oxygen atoms in total. The maximum absolute atomic E-state index is 12.6. The van der Waals surface area contributed by atoms with Crippen LogP contribution in [0.4, 0.5) is 4.79 Å². The van der Waals surface area contributed by atoms with Gasteiger partial charge in [0.2, 0.25) is 0 Å². The number of hydrogen-bond donors (Lipinski definition) is 2. The van der Waals surface area contributed by atoms with E-state index in [0.717, 1.165) is 36.3 Å². The number of benzene rings is 3. The van der Waals surface area contributed by atoms with Crippen molar-refractivity contribution in [1.29, 1.82) is 0 Å². The summed E-state index contributed by atoms with van der Waals surface area (Å²) in [4.78, 5) is 42.3. The Bertz CT molecular complexity index is 1700. The van der Waals surface area contributed by atoms with E-state index in [-0.39, 0.29) is 11.8 Å². The van der Waals surface area contributed by atoms with Gasteiger partial charge in [0.25, 0.3) is 0 Å². The monoisotopic (exact) mass is 629 g/mol. The Morgan fingerprint density at radius 3 is 2.38 bits per heavy atom. The second-order valence-electron chi connectivity index (χ2n) is 11.7. The van der Waals surface area contributed by atoms with Gasteiger partial charge in [-0.15, -0.1) is 0 Å². The van der Waals surface area contributed by atoms with E-state index < -0.39 is 22.5 Å². The first kappa shape index (κ1) is 29.2. The number of likely N-dealkylation sites (tertiary alicyclic amines) is 1. The molecule has 11 heteroatoms. The molecule has 3 aromatic rings. The Kier molecular flexibility index (Phi) is 7.66. The highest BCUT2D eigenvalue weighted by Crippen LogP contribution is 2.76. The third-order valence-corrected chi connectivity index (χ3v) is 11.5. The number of aryl methyl sites for hydroxylation is 1. The molecule has 0 aromatic heterocycles. The zero-order valence-electron chi connectivity index (χ0n) is 25.0. The molecule has 3 saturated heterocycles. The summed E-state index contributed by atoms with van der Waals surface area (Å²) < 4.78 is 17.6. The lowest BCUT2D eigenvalue weighted by Gasteiger charge is -2.34. The lowest BCUT2D eigenvalue weighted by molar-refractivity contribution is -0.150. The van der Waals surface area contributed by atoms with Crippen LogP contribution in [0, 0.1) is 6.92 Å². The van der Waals surface area contributed by atoms with Crippen LogP contribution >= 0.6 is 10.6 Å². The van der Waals surface area contributed by atoms with Gasteiger partial charge in [0.05, 0.1) is 16.3 Å². The van der Waals surface area contributed by atoms with E-state index in [2.05, 4.69) is 35.3 Å². The molecule has 7 rings (SSSR count). The fourth-order valence-electron chi connectivity index (χ4n) is 6.49. The quantitative estimate of drug-likeness (QED) is 0.321. The molecule has 234 valence electrons. The number of nitrogens with one attached hydrogen (secondary N) is 1. The molecule has 3 fully saturated rings. The van der Waals surface area contributed by atoms with Crippen LogP contribution in [-0.2, 0) is 30.9 Å². The van der Waals surface area contributed by atoms with Gasteiger partial charge in [0, 0.05) is 43.2 Å². The van der Waals surface area contributed by atoms with Crippen molar-refractivity contribution >= 4 is 39.0 Å². The van der Waals surface area contributed by atoms with Crippen LogP contribution in [0.15, 0.2) is 65.6 Å². The maximum atomic E-state index is 12.6. The number of ether oxygens (including phenoxy) is 1. The standard InChI is InChI=1S/C34H35N3O7S/c1-22-18-23(4-5-25(22)21-36-13-2-3-14-36)19-29-28-11-8-26(38)20-30(28)45(43-32(39)33(40)44-45)31(29)24-6-9-27(10-7-24)42-17-16-37-15-12-35-34(37)41/h4-11,18,20,38H,2-3,12-17,19,21H2,1H3,(H,35,41). The van der Waals surface area contributed by atoms with Crippen molar-refractivity contribution < 1.29 is 32.6 Å². The first-order valence-corrected chi connectivity index (χ1v) is 16.7. The summed E-state index contributed by atoms with van der Waals surface area (Å²) in [5.74, 6) is -1.50. The van der Waals surface area contributed by atoms with E-state index in [1.807, 2.05) is 24.3 Å². The van der Waals surface area contributed by atoms with Crippen molar-refractivity contribution in [2.75, 3.05) is 39.3 Å². The van der Waals surface area contributed by atoms with Crippen molar-refractivity contribution in [3.05, 3.63) is 88.5 Å². The lowest BCUT2D eigenvalue weighted by Crippen LogP contribution is -2.31. The van der Waals surface area contributed by atoms with Crippen LogP contribution in [0.25, 0.3) is 10.5 Å². The van der Waals surface area contributed by atoms with Gasteiger partial charge in [-0.05, 0) is 91.5 Å². The number of amides is 2. The smallest absolute Gasteiger partial charge is 0.442 e. The van der Waals surface area contributed by atoms with E-state index in [1.165, 1.54) is 30.0 Å². The van der Waals surface area contributed by atoms with E-state index in [4.69, 9.17) is 13.1 Å². The third-order valence-electron chi connectivity index (χ3n) is 8.75. The molecule has 2 N–H and O–H groups in total. The van der Waals surface area contributed by atoms with Crippen molar-refractivity contribution in [2.45, 2.75) is 37.6 Å². The Morgan fingerprint density at radius 2 is 1.69 bits per heavy atom. The summed E-state index contributed by atoms with van der Waals surface area (Å²) in [5.41, 5.74) is 5.92. The number of phenols is 1. The van der Waals surface area contributed by atoms with Crippen LogP contribution in [-0.4, -0.2) is 72.2 Å². The van der Waals surface area contributed by atoms with Crippen molar-refractivity contribution in [2.24, 2.45) is 0 Å². The molecule has 0 unspecified atom stereocenters. The molecule has 0 saturated carbocycles. The normalized spacial score (nSPS) is 19.6. The number of carbonyl (C=O) groups is 3. The zero-order chi connectivity index (χ0) is 31.1. The average Bonchev–Trinajstić information content (AvgIpc) is 3.80. The zero-order valence-corrected chi connectivity index (χ0v) is 25.9. The first-order chi connectivity index (χ1) is 21.8. The number of carbonyl (C=O) groups excluding carboxylic acids is 3. The molecule has 4 heterocycles. The van der Waals surface area contributed by atoms with Gasteiger partial charge in [-0.3, -0.25) is 4.90 Å². The second kappa shape index (κ2) is 11.8. The van der Waals surface area contributed by atoms with Gasteiger partial charge < -0.3 is 28.4 Å². The van der Waals surface area contributed by atoms with Crippen molar-refractivity contribution in [3.63, 3.8) is 0 Å². The van der Waals surface area contributed by atoms with E-state index in [0.29, 0.717) is 53.8 Å². The highest BCUT2D eigenvalue weighted by molar-refractivity contribution is 8.35. The minimum atomic E-state index is -3.03. The molecule has 4 aliphatic rings. The highest BCUT2D eigenvalue weighted by Gasteiger charge is 2.52. The van der Waals surface area contributed by atoms with Gasteiger partial charge in [-0.1, -0.05) is 28.8 Å². The SMILES string of the molecule is Cc1cc(CC2=C(c3ccc(OCCN4CCNC4=O)cc3)S3(OC(=O)C(=O)O3)c3cc(O)ccc32)ccc1CN1CCCC1. The molecule has 0 radical (unpaired) electrons. The van der Waals surface area contributed by atoms with E-state index >= 15 is 0 Å². The molecule has 4 aliphatic heterocycles. The number of phenolic OH excluding ortho intramolecular Hbond substituents is 1. The molecule has 1 spiro atoms. The number of aromatic hydroxyl groups is 1. The summed E-state index contributed by atoms with van der Waals surface area (Å²) in [6.07, 6.45) is 2.98. The summed E-state index contributed by atoms with van der Waals surface area (Å²) in [7, 11) is -3.03. The predicted octanol–water partition coefficient (Wildman–Crippen LogP) is 4.92. The van der Waals surface area contributed by atoms with Crippen LogP contribution in [0.5, 0.6) is 11.5 Å². The third kappa shape index (κ3) is 5.51. The Morgan fingerprint density at radius 1 is 0.933 bits per heavy atom. The predicted molar refractivity (Wildman–Crippen MR) is 169 cm³/mol. The number of rotatable bonds is 9. The Balaban J connectivity index is 1.23. The van der Waals surface area contributed by atoms with Crippen LogP contribution in [0.3, 0.4) is 0 Å². The van der Waals surface area contributed by atoms with Crippen LogP contribution in [0.1, 0.15) is 40.7 Å². The average molecular weight is 630 g/mol. The topological polar surface area (TPSA) is 118 Å². The summed E-state index contributed by atoms with van der Waals surface area (Å²) in [6.45, 7) is 7.41. The minimum absolute atomic E-state index is 0.0160. The number of nitrogens with zero attached hydrogens (tertiary/aromatic N) is 2. The fourth-order valence-corrected chi connectivity index (χ4v) is 9.36. The summed E-state index contributed by atoms with van der Waals surface area (Å²) in [6, 6.07) is 18.7. The Labute approximate surface area is 263 Å². The molecular formula is C34H35N3O7S. The van der Waals surface area contributed by atoms with Crippen molar-refractivity contribution in [3.8, 4) is 11.5 Å². The fraction of sp³-hybridized carbons (Fsp3) is 0.324. The Hall–Kier alpha value is -4.48. The summed E-state index contributed by atoms with van der Waals surface area (Å²) >= 11 is 0. The minimum Gasteiger partial charge on any atom is -0.508 e. The molecule has 0 bridgehead atoms. The molecular weight excluding hydrogens is 594 g/mol. The number of urea groups is 1. The molecule has 45 heavy (non-hydrogen) atoms. The largest absolute Gasteiger partial charge is 0.508 e. The molecule has 2 amide bonds. The first-order valence-electron chi connectivity index (χ1n) is 15.2. The van der Waals surface area contributed by atoms with Crippen molar-refractivity contribution in [1.82, 2.24) is 15.1 Å². The molecule has 3 aromatic carbocycles. The van der Waals surface area contributed by atoms with Gasteiger partial charge in [-0.2, -0.15) is 0 Å². The molecule has 0 atom stereocenters. The highest BCUT2D eigenvalue weighted by atomic mass is 32.3. The lowest BCUT2D eigenvalue weighted by atomic mass is 9.94. The maximum Gasteiger partial charge on any atom is 0.442 e. The summed E-state index contributed by atoms with van der Waals surface area (Å²) in [5, 5.41) is 13.2.